The molecule has 3 aromatic carbocycles. The molecule has 0 bridgehead atoms. The molecular weight excluding hydrogens is 439 g/mol. The van der Waals surface area contributed by atoms with E-state index in [0.717, 1.165) is 11.1 Å². The molecule has 1 atom stereocenters. The van der Waals surface area contributed by atoms with Crippen molar-refractivity contribution in [1.82, 2.24) is 4.72 Å². The summed E-state index contributed by atoms with van der Waals surface area (Å²) in [7, 11) is -3.68. The van der Waals surface area contributed by atoms with Crippen LogP contribution in [-0.4, -0.2) is 14.3 Å². The maximum Gasteiger partial charge on any atom is 0.241 e. The van der Waals surface area contributed by atoms with Crippen LogP contribution in [0.1, 0.15) is 30.5 Å². The van der Waals surface area contributed by atoms with Gasteiger partial charge in [0.05, 0.1) is 9.92 Å². The van der Waals surface area contributed by atoms with Gasteiger partial charge in [0, 0.05) is 18.2 Å². The Morgan fingerprint density at radius 3 is 2.35 bits per heavy atom. The highest BCUT2D eigenvalue weighted by molar-refractivity contribution is 7.89. The predicted molar refractivity (Wildman–Crippen MR) is 120 cm³/mol. The lowest BCUT2D eigenvalue weighted by Gasteiger charge is -2.15. The summed E-state index contributed by atoms with van der Waals surface area (Å²) >= 11 is 5.71. The number of benzene rings is 3. The Kier molecular flexibility index (Phi) is 7.43. The van der Waals surface area contributed by atoms with Crippen molar-refractivity contribution in [2.45, 2.75) is 30.7 Å². The van der Waals surface area contributed by atoms with Gasteiger partial charge in [0.25, 0.3) is 0 Å². The Bertz CT molecular complexity index is 1150. The summed E-state index contributed by atoms with van der Waals surface area (Å²) in [6.45, 7) is 1.79. The Morgan fingerprint density at radius 2 is 1.71 bits per heavy atom. The first-order valence-electron chi connectivity index (χ1n) is 9.66. The molecule has 31 heavy (non-hydrogen) atoms. The second-order valence-corrected chi connectivity index (χ2v) is 9.20. The minimum Gasteiger partial charge on any atom is -0.326 e. The molecule has 0 saturated heterocycles. The van der Waals surface area contributed by atoms with Gasteiger partial charge < -0.3 is 5.32 Å². The zero-order valence-electron chi connectivity index (χ0n) is 16.8. The van der Waals surface area contributed by atoms with Crippen molar-refractivity contribution in [2.24, 2.45) is 0 Å². The molecule has 162 valence electrons. The molecule has 1 amide bonds. The van der Waals surface area contributed by atoms with Crippen LogP contribution in [0.2, 0.25) is 5.02 Å². The monoisotopic (exact) mass is 460 g/mol. The van der Waals surface area contributed by atoms with Gasteiger partial charge in [-0.1, -0.05) is 54.1 Å². The Morgan fingerprint density at radius 1 is 1.03 bits per heavy atom. The zero-order valence-corrected chi connectivity index (χ0v) is 18.4. The summed E-state index contributed by atoms with van der Waals surface area (Å²) < 4.78 is 41.1. The van der Waals surface area contributed by atoms with Crippen molar-refractivity contribution >= 4 is 33.2 Å². The molecule has 0 radical (unpaired) electrons. The average molecular weight is 461 g/mol. The topological polar surface area (TPSA) is 75.3 Å². The lowest BCUT2D eigenvalue weighted by molar-refractivity contribution is -0.116. The summed E-state index contributed by atoms with van der Waals surface area (Å²) in [5.74, 6) is -0.805. The molecular formula is C23H22ClFN2O3S. The third kappa shape index (κ3) is 6.37. The van der Waals surface area contributed by atoms with Crippen molar-refractivity contribution in [3.63, 3.8) is 0 Å². The van der Waals surface area contributed by atoms with Crippen LogP contribution in [0.3, 0.4) is 0 Å². The van der Waals surface area contributed by atoms with E-state index in [9.17, 15) is 17.6 Å². The van der Waals surface area contributed by atoms with E-state index >= 15 is 0 Å². The number of hydrogen-bond acceptors (Lipinski definition) is 3. The van der Waals surface area contributed by atoms with Crippen LogP contribution in [-0.2, 0) is 21.2 Å². The fourth-order valence-electron chi connectivity index (χ4n) is 3.00. The first kappa shape index (κ1) is 22.9. The minimum atomic E-state index is -3.68. The van der Waals surface area contributed by atoms with Crippen molar-refractivity contribution < 1.29 is 17.6 Å². The summed E-state index contributed by atoms with van der Waals surface area (Å²) in [5.41, 5.74) is 2.11. The van der Waals surface area contributed by atoms with Gasteiger partial charge in [0.1, 0.15) is 5.82 Å². The highest BCUT2D eigenvalue weighted by Crippen LogP contribution is 2.20. The molecule has 0 heterocycles. The van der Waals surface area contributed by atoms with Gasteiger partial charge in [-0.3, -0.25) is 4.79 Å². The molecule has 0 aliphatic rings. The largest absolute Gasteiger partial charge is 0.326 e. The summed E-state index contributed by atoms with van der Waals surface area (Å²) in [5, 5.41) is 2.59. The van der Waals surface area contributed by atoms with Crippen molar-refractivity contribution in [3.05, 3.63) is 94.8 Å². The molecule has 5 nitrogen and oxygen atoms in total. The van der Waals surface area contributed by atoms with E-state index in [4.69, 9.17) is 11.6 Å². The number of sulfonamides is 1. The molecule has 2 N–H and O–H groups in total. The summed E-state index contributed by atoms with van der Waals surface area (Å²) in [6.07, 6.45) is 0.610. The summed E-state index contributed by atoms with van der Waals surface area (Å²) in [4.78, 5) is 12.3. The van der Waals surface area contributed by atoms with Gasteiger partial charge in [-0.2, -0.15) is 0 Å². The van der Waals surface area contributed by atoms with Crippen LogP contribution < -0.4 is 10.0 Å². The standard InChI is InChI=1S/C23H22ClFN2O3S/c1-16(18-5-3-2-4-6-18)27-31(29,30)20-11-7-17(8-12-20)9-14-23(28)26-19-10-13-22(25)21(24)15-19/h2-8,10-13,15-16,27H,9,14H2,1H3,(H,26,28)/t16-/m1/s1. The molecule has 0 spiro atoms. The molecule has 0 aromatic heterocycles. The van der Waals surface area contributed by atoms with Crippen LogP contribution >= 0.6 is 11.6 Å². The first-order chi connectivity index (χ1) is 14.7. The normalized spacial score (nSPS) is 12.4. The predicted octanol–water partition coefficient (Wildman–Crippen LogP) is 5.09. The summed E-state index contributed by atoms with van der Waals surface area (Å²) in [6, 6.07) is 19.3. The van der Waals surface area contributed by atoms with E-state index in [0.29, 0.717) is 12.1 Å². The molecule has 0 unspecified atom stereocenters. The van der Waals surface area contributed by atoms with Gasteiger partial charge in [0.2, 0.25) is 15.9 Å². The quantitative estimate of drug-likeness (QED) is 0.491. The van der Waals surface area contributed by atoms with Crippen LogP contribution in [0.25, 0.3) is 0 Å². The average Bonchev–Trinajstić information content (AvgIpc) is 2.75. The number of rotatable bonds is 8. The van der Waals surface area contributed by atoms with Gasteiger partial charge in [0.15, 0.2) is 0 Å². The molecule has 0 aliphatic heterocycles. The zero-order chi connectivity index (χ0) is 22.4. The lowest BCUT2D eigenvalue weighted by atomic mass is 10.1. The number of amides is 1. The SMILES string of the molecule is C[C@@H](NS(=O)(=O)c1ccc(CCC(=O)Nc2ccc(F)c(Cl)c2)cc1)c1ccccc1. The van der Waals surface area contributed by atoms with Gasteiger partial charge in [-0.05, 0) is 54.8 Å². The highest BCUT2D eigenvalue weighted by Gasteiger charge is 2.18. The Labute approximate surface area is 186 Å². The van der Waals surface area contributed by atoms with Crippen molar-refractivity contribution in [3.8, 4) is 0 Å². The van der Waals surface area contributed by atoms with Crippen LogP contribution in [0, 0.1) is 5.82 Å². The molecule has 0 saturated carbocycles. The Balaban J connectivity index is 1.56. The van der Waals surface area contributed by atoms with E-state index in [1.807, 2.05) is 30.3 Å². The number of nitrogens with one attached hydrogen (secondary N) is 2. The Hall–Kier alpha value is -2.74. The third-order valence-corrected chi connectivity index (χ3v) is 6.56. The van der Waals surface area contributed by atoms with Gasteiger partial charge in [-0.15, -0.1) is 0 Å². The number of anilines is 1. The van der Waals surface area contributed by atoms with E-state index < -0.39 is 15.8 Å². The number of carbonyl (C=O) groups excluding carboxylic acids is 1. The maximum absolute atomic E-state index is 13.2. The van der Waals surface area contributed by atoms with Crippen molar-refractivity contribution in [1.29, 1.82) is 0 Å². The van der Waals surface area contributed by atoms with Gasteiger partial charge >= 0.3 is 0 Å². The van der Waals surface area contributed by atoms with Crippen molar-refractivity contribution in [2.75, 3.05) is 5.32 Å². The molecule has 3 aromatic rings. The number of hydrogen-bond donors (Lipinski definition) is 2. The van der Waals surface area contributed by atoms with E-state index in [1.165, 1.54) is 30.3 Å². The van der Waals surface area contributed by atoms with Crippen LogP contribution in [0.4, 0.5) is 10.1 Å². The first-order valence-corrected chi connectivity index (χ1v) is 11.5. The molecule has 3 rings (SSSR count). The number of carbonyl (C=O) groups is 1. The second kappa shape index (κ2) is 10.0. The molecule has 8 heteroatoms. The molecule has 0 fully saturated rings. The van der Waals surface area contributed by atoms with E-state index in [-0.39, 0.29) is 28.3 Å². The molecule has 0 aliphatic carbocycles. The number of aryl methyl sites for hydroxylation is 1. The van der Waals surface area contributed by atoms with Gasteiger partial charge in [-0.25, -0.2) is 17.5 Å². The number of halogens is 2. The second-order valence-electron chi connectivity index (χ2n) is 7.07. The highest BCUT2D eigenvalue weighted by atomic mass is 35.5. The van der Waals surface area contributed by atoms with Crippen LogP contribution in [0.5, 0.6) is 0 Å². The lowest BCUT2D eigenvalue weighted by Crippen LogP contribution is -2.26. The van der Waals surface area contributed by atoms with E-state index in [2.05, 4.69) is 10.0 Å². The van der Waals surface area contributed by atoms with Crippen LogP contribution in [0.15, 0.2) is 77.7 Å². The maximum atomic E-state index is 13.2. The third-order valence-electron chi connectivity index (χ3n) is 4.71. The fraction of sp³-hybridized carbons (Fsp3) is 0.174. The fourth-order valence-corrected chi connectivity index (χ4v) is 4.41. The van der Waals surface area contributed by atoms with E-state index in [1.54, 1.807) is 19.1 Å². The minimum absolute atomic E-state index is 0.0650. The smallest absolute Gasteiger partial charge is 0.241 e.